The van der Waals surface area contributed by atoms with Crippen molar-refractivity contribution in [2.24, 2.45) is 11.8 Å². The van der Waals surface area contributed by atoms with Crippen LogP contribution >= 0.6 is 0 Å². The van der Waals surface area contributed by atoms with Gasteiger partial charge in [-0.25, -0.2) is 8.78 Å². The summed E-state index contributed by atoms with van der Waals surface area (Å²) in [6.07, 6.45) is 1.28. The summed E-state index contributed by atoms with van der Waals surface area (Å²) in [4.78, 5) is 22.7. The number of amides is 1. The van der Waals surface area contributed by atoms with Gasteiger partial charge in [0.05, 0.1) is 5.92 Å². The number of rotatable bonds is 4. The fourth-order valence-corrected chi connectivity index (χ4v) is 2.91. The van der Waals surface area contributed by atoms with Gasteiger partial charge in [0.15, 0.2) is 0 Å². The molecule has 3 rings (SSSR count). The fourth-order valence-electron chi connectivity index (χ4n) is 2.91. The van der Waals surface area contributed by atoms with Crippen LogP contribution in [0.25, 0.3) is 0 Å². The number of halogens is 2. The van der Waals surface area contributed by atoms with Crippen LogP contribution in [0.2, 0.25) is 0 Å². The van der Waals surface area contributed by atoms with Gasteiger partial charge in [-0.2, -0.15) is 0 Å². The molecule has 1 amide bonds. The molecule has 21 heavy (non-hydrogen) atoms. The lowest BCUT2D eigenvalue weighted by Crippen LogP contribution is -2.47. The molecular formula is C15H15F2NO3. The standard InChI is InChI=1S/C15H15F2NO3/c16-11-2-1-3-12(17)13(11)9-6-10(9)14(19)18-8-4-7(5-8)15(20)21/h1-3,7-10H,4-6H2,(H,18,19)(H,20,21). The molecule has 0 spiro atoms. The number of carbonyl (C=O) groups is 2. The number of benzene rings is 1. The Morgan fingerprint density at radius 3 is 2.33 bits per heavy atom. The van der Waals surface area contributed by atoms with E-state index in [0.29, 0.717) is 19.3 Å². The number of carbonyl (C=O) groups excluding carboxylic acids is 1. The van der Waals surface area contributed by atoms with Crippen LogP contribution in [0, 0.1) is 23.5 Å². The molecule has 2 aliphatic rings. The zero-order valence-corrected chi connectivity index (χ0v) is 11.2. The van der Waals surface area contributed by atoms with E-state index in [0.717, 1.165) is 0 Å². The zero-order valence-electron chi connectivity index (χ0n) is 11.2. The average molecular weight is 295 g/mol. The molecule has 2 saturated carbocycles. The maximum absolute atomic E-state index is 13.6. The SMILES string of the molecule is O=C(O)C1CC(NC(=O)C2CC2c2c(F)cccc2F)C1. The summed E-state index contributed by atoms with van der Waals surface area (Å²) in [5.74, 6) is -3.55. The average Bonchev–Trinajstić information content (AvgIpc) is 3.12. The first kappa shape index (κ1) is 14.0. The number of hydrogen-bond acceptors (Lipinski definition) is 2. The van der Waals surface area contributed by atoms with Crippen LogP contribution in [0.1, 0.15) is 30.7 Å². The fraction of sp³-hybridized carbons (Fsp3) is 0.467. The minimum Gasteiger partial charge on any atom is -0.481 e. The van der Waals surface area contributed by atoms with Gasteiger partial charge in [0.1, 0.15) is 11.6 Å². The van der Waals surface area contributed by atoms with E-state index in [1.165, 1.54) is 18.2 Å². The number of hydrogen-bond donors (Lipinski definition) is 2. The van der Waals surface area contributed by atoms with Crippen molar-refractivity contribution in [1.82, 2.24) is 5.32 Å². The highest BCUT2D eigenvalue weighted by atomic mass is 19.1. The second kappa shape index (κ2) is 5.09. The van der Waals surface area contributed by atoms with Gasteiger partial charge in [-0.3, -0.25) is 9.59 Å². The summed E-state index contributed by atoms with van der Waals surface area (Å²) in [6.45, 7) is 0. The monoisotopic (exact) mass is 295 g/mol. The van der Waals surface area contributed by atoms with Crippen molar-refractivity contribution in [3.05, 3.63) is 35.4 Å². The third-order valence-corrected chi connectivity index (χ3v) is 4.33. The maximum Gasteiger partial charge on any atom is 0.306 e. The molecular weight excluding hydrogens is 280 g/mol. The second-order valence-corrected chi connectivity index (χ2v) is 5.80. The van der Waals surface area contributed by atoms with Gasteiger partial charge in [-0.05, 0) is 31.4 Å². The van der Waals surface area contributed by atoms with Crippen molar-refractivity contribution in [3.63, 3.8) is 0 Å². The molecule has 6 heteroatoms. The van der Waals surface area contributed by atoms with Gasteiger partial charge in [-0.15, -0.1) is 0 Å². The highest BCUT2D eigenvalue weighted by Gasteiger charge is 2.48. The molecule has 2 fully saturated rings. The van der Waals surface area contributed by atoms with Gasteiger partial charge in [0, 0.05) is 23.4 Å². The van der Waals surface area contributed by atoms with Crippen LogP contribution in [-0.4, -0.2) is 23.0 Å². The van der Waals surface area contributed by atoms with Crippen LogP contribution in [-0.2, 0) is 9.59 Å². The third-order valence-electron chi connectivity index (χ3n) is 4.33. The first-order chi connectivity index (χ1) is 9.97. The predicted octanol–water partition coefficient (Wildman–Crippen LogP) is 2.05. The van der Waals surface area contributed by atoms with Gasteiger partial charge in [-0.1, -0.05) is 6.07 Å². The summed E-state index contributed by atoms with van der Waals surface area (Å²) in [5, 5.41) is 11.5. The first-order valence-electron chi connectivity index (χ1n) is 6.94. The van der Waals surface area contributed by atoms with Crippen molar-refractivity contribution in [3.8, 4) is 0 Å². The van der Waals surface area contributed by atoms with Gasteiger partial charge in [0.25, 0.3) is 0 Å². The normalized spacial score (nSPS) is 30.4. The van der Waals surface area contributed by atoms with Crippen LogP contribution in [0.5, 0.6) is 0 Å². The third kappa shape index (κ3) is 2.62. The Morgan fingerprint density at radius 1 is 1.14 bits per heavy atom. The van der Waals surface area contributed by atoms with Gasteiger partial charge >= 0.3 is 5.97 Å². The molecule has 0 radical (unpaired) electrons. The quantitative estimate of drug-likeness (QED) is 0.893. The molecule has 2 aliphatic carbocycles. The minimum atomic E-state index is -0.849. The lowest BCUT2D eigenvalue weighted by Gasteiger charge is -2.32. The van der Waals surface area contributed by atoms with E-state index in [9.17, 15) is 18.4 Å². The molecule has 0 aliphatic heterocycles. The smallest absolute Gasteiger partial charge is 0.306 e. The van der Waals surface area contributed by atoms with Gasteiger partial charge in [0.2, 0.25) is 5.91 Å². The van der Waals surface area contributed by atoms with Crippen LogP contribution in [0.15, 0.2) is 18.2 Å². The molecule has 2 atom stereocenters. The van der Waals surface area contributed by atoms with E-state index in [4.69, 9.17) is 5.11 Å². The maximum atomic E-state index is 13.6. The number of nitrogens with one attached hydrogen (secondary N) is 1. The van der Waals surface area contributed by atoms with Gasteiger partial charge < -0.3 is 10.4 Å². The summed E-state index contributed by atoms with van der Waals surface area (Å²) >= 11 is 0. The van der Waals surface area contributed by atoms with E-state index in [1.54, 1.807) is 0 Å². The molecule has 0 saturated heterocycles. The molecule has 4 nitrogen and oxygen atoms in total. The van der Waals surface area contributed by atoms with Crippen molar-refractivity contribution < 1.29 is 23.5 Å². The predicted molar refractivity (Wildman–Crippen MR) is 69.5 cm³/mol. The Labute approximate surface area is 120 Å². The minimum absolute atomic E-state index is 0.0188. The van der Waals surface area contributed by atoms with E-state index in [2.05, 4.69) is 5.32 Å². The van der Waals surface area contributed by atoms with E-state index in [-0.39, 0.29) is 17.5 Å². The van der Waals surface area contributed by atoms with Crippen LogP contribution < -0.4 is 5.32 Å². The van der Waals surface area contributed by atoms with Crippen molar-refractivity contribution >= 4 is 11.9 Å². The van der Waals surface area contributed by atoms with E-state index < -0.39 is 35.4 Å². The Morgan fingerprint density at radius 2 is 1.76 bits per heavy atom. The molecule has 1 aromatic rings. The zero-order chi connectivity index (χ0) is 15.1. The lowest BCUT2D eigenvalue weighted by atomic mass is 9.80. The summed E-state index contributed by atoms with van der Waals surface area (Å²) in [6, 6.07) is 3.54. The van der Waals surface area contributed by atoms with Crippen LogP contribution in [0.4, 0.5) is 8.78 Å². The number of carboxylic acid groups (broad SMARTS) is 1. The molecule has 1 aromatic carbocycles. The second-order valence-electron chi connectivity index (χ2n) is 5.80. The van der Waals surface area contributed by atoms with E-state index >= 15 is 0 Å². The number of aliphatic carboxylic acids is 1. The number of carboxylic acids is 1. The molecule has 0 heterocycles. The van der Waals surface area contributed by atoms with Crippen LogP contribution in [0.3, 0.4) is 0 Å². The largest absolute Gasteiger partial charge is 0.481 e. The summed E-state index contributed by atoms with van der Waals surface area (Å²) in [7, 11) is 0. The molecule has 0 aromatic heterocycles. The molecule has 112 valence electrons. The highest BCUT2D eigenvalue weighted by Crippen LogP contribution is 2.49. The van der Waals surface area contributed by atoms with Crippen molar-refractivity contribution in [2.45, 2.75) is 31.2 Å². The topological polar surface area (TPSA) is 66.4 Å². The first-order valence-corrected chi connectivity index (χ1v) is 6.94. The molecule has 2 unspecified atom stereocenters. The molecule has 2 N–H and O–H groups in total. The highest BCUT2D eigenvalue weighted by molar-refractivity contribution is 5.83. The van der Waals surface area contributed by atoms with Crippen molar-refractivity contribution in [1.29, 1.82) is 0 Å². The Bertz CT molecular complexity index is 578. The Balaban J connectivity index is 1.56. The Hall–Kier alpha value is -1.98. The molecule has 0 bridgehead atoms. The lowest BCUT2D eigenvalue weighted by molar-refractivity contribution is -0.146. The summed E-state index contributed by atoms with van der Waals surface area (Å²) in [5.41, 5.74) is -0.0188. The summed E-state index contributed by atoms with van der Waals surface area (Å²) < 4.78 is 27.2. The Kier molecular flexibility index (Phi) is 3.39. The van der Waals surface area contributed by atoms with Crippen molar-refractivity contribution in [2.75, 3.05) is 0 Å². The van der Waals surface area contributed by atoms with E-state index in [1.807, 2.05) is 0 Å².